The molecular weight excluding hydrogens is 540 g/mol. The van der Waals surface area contributed by atoms with Crippen LogP contribution in [0.2, 0.25) is 0 Å². The van der Waals surface area contributed by atoms with Crippen LogP contribution in [0.3, 0.4) is 0 Å². The smallest absolute Gasteiger partial charge is 0.261 e. The first-order chi connectivity index (χ1) is 17.8. The number of amides is 2. The number of hydrogen-bond acceptors (Lipinski definition) is 6. The minimum Gasteiger partial charge on any atom is -0.496 e. The van der Waals surface area contributed by atoms with E-state index in [9.17, 15) is 9.59 Å². The number of nitrogens with zero attached hydrogens (tertiary/aromatic N) is 2. The van der Waals surface area contributed by atoms with E-state index in [2.05, 4.69) is 36.8 Å². The Morgan fingerprint density at radius 3 is 2.14 bits per heavy atom. The van der Waals surface area contributed by atoms with Crippen molar-refractivity contribution >= 4 is 61.2 Å². The maximum absolute atomic E-state index is 12.9. The summed E-state index contributed by atoms with van der Waals surface area (Å²) in [5.74, 6) is -0.882. The van der Waals surface area contributed by atoms with Gasteiger partial charge < -0.3 is 20.9 Å². The third-order valence-corrected chi connectivity index (χ3v) is 6.16. The first kappa shape index (κ1) is 25.5. The number of nitrogens with one attached hydrogen (secondary N) is 2. The van der Waals surface area contributed by atoms with Crippen LogP contribution in [0.1, 0.15) is 20.7 Å². The monoisotopic (exact) mass is 562 g/mol. The molecule has 0 radical (unpaired) electrons. The summed E-state index contributed by atoms with van der Waals surface area (Å²) in [5.41, 5.74) is 12.2. The Kier molecular flexibility index (Phi) is 7.54. The van der Waals surface area contributed by atoms with E-state index in [1.807, 2.05) is 48.5 Å². The van der Waals surface area contributed by atoms with Crippen molar-refractivity contribution in [3.63, 3.8) is 0 Å². The van der Waals surface area contributed by atoms with Crippen LogP contribution in [0.4, 0.5) is 0 Å². The van der Waals surface area contributed by atoms with E-state index < -0.39 is 11.8 Å². The Morgan fingerprint density at radius 2 is 1.46 bits per heavy atom. The van der Waals surface area contributed by atoms with Crippen molar-refractivity contribution in [2.45, 2.75) is 0 Å². The normalized spacial score (nSPS) is 11.9. The van der Waals surface area contributed by atoms with E-state index in [0.29, 0.717) is 22.4 Å². The fourth-order valence-electron chi connectivity index (χ4n) is 3.79. The Labute approximate surface area is 220 Å². The number of benzene rings is 4. The highest BCUT2D eigenvalue weighted by molar-refractivity contribution is 9.10. The molecule has 4 rings (SSSR count). The number of halogens is 1. The van der Waals surface area contributed by atoms with E-state index in [1.54, 1.807) is 18.2 Å². The first-order valence-electron chi connectivity index (χ1n) is 10.9. The van der Waals surface area contributed by atoms with Crippen LogP contribution >= 0.6 is 15.9 Å². The van der Waals surface area contributed by atoms with E-state index >= 15 is 0 Å². The Bertz CT molecular complexity index is 1580. The summed E-state index contributed by atoms with van der Waals surface area (Å²) in [4.78, 5) is 25.5. The van der Waals surface area contributed by atoms with Crippen molar-refractivity contribution in [3.8, 4) is 11.5 Å². The lowest BCUT2D eigenvalue weighted by Crippen LogP contribution is -2.38. The lowest BCUT2D eigenvalue weighted by atomic mass is 10.0. The highest BCUT2D eigenvalue weighted by Gasteiger charge is 2.19. The minimum atomic E-state index is -0.595. The number of fused-ring (bicyclic) bond motifs is 2. The zero-order chi connectivity index (χ0) is 26.5. The molecule has 4 aromatic rings. The Morgan fingerprint density at radius 1 is 0.784 bits per heavy atom. The van der Waals surface area contributed by atoms with Gasteiger partial charge in [0.25, 0.3) is 11.8 Å². The lowest BCUT2D eigenvalue weighted by Gasteiger charge is -2.14. The van der Waals surface area contributed by atoms with Gasteiger partial charge in [0.15, 0.2) is 0 Å². The van der Waals surface area contributed by atoms with Gasteiger partial charge >= 0.3 is 0 Å². The SMILES string of the molecule is COc1cc(C(=O)NC(N)=NN=C(N)NC(=O)c2ccc3c(Br)cccc3c2)c(OC)c2ccccc12. The molecule has 0 atom stereocenters. The number of carbonyl (C=O) groups is 2. The summed E-state index contributed by atoms with van der Waals surface area (Å²) >= 11 is 3.48. The van der Waals surface area contributed by atoms with Gasteiger partial charge in [0, 0.05) is 20.8 Å². The molecule has 2 amide bonds. The van der Waals surface area contributed by atoms with Crippen molar-refractivity contribution in [1.29, 1.82) is 0 Å². The van der Waals surface area contributed by atoms with Crippen LogP contribution in [-0.4, -0.2) is 38.0 Å². The van der Waals surface area contributed by atoms with Crippen LogP contribution in [0.5, 0.6) is 11.5 Å². The minimum absolute atomic E-state index is 0.185. The molecule has 0 bridgehead atoms. The van der Waals surface area contributed by atoms with Crippen molar-refractivity contribution < 1.29 is 19.1 Å². The van der Waals surface area contributed by atoms with Crippen molar-refractivity contribution in [1.82, 2.24) is 10.6 Å². The van der Waals surface area contributed by atoms with Crippen LogP contribution < -0.4 is 31.6 Å². The number of rotatable bonds is 5. The molecule has 10 nitrogen and oxygen atoms in total. The zero-order valence-corrected chi connectivity index (χ0v) is 21.5. The molecule has 0 spiro atoms. The first-order valence-corrected chi connectivity index (χ1v) is 11.7. The van der Waals surface area contributed by atoms with Crippen LogP contribution in [-0.2, 0) is 0 Å². The maximum atomic E-state index is 12.9. The van der Waals surface area contributed by atoms with Crippen molar-refractivity contribution in [2.24, 2.45) is 21.7 Å². The molecule has 0 aliphatic heterocycles. The molecule has 0 aliphatic carbocycles. The molecule has 0 fully saturated rings. The third kappa shape index (κ3) is 5.46. The lowest BCUT2D eigenvalue weighted by molar-refractivity contribution is 0.0966. The predicted molar refractivity (Wildman–Crippen MR) is 147 cm³/mol. The molecule has 0 aromatic heterocycles. The molecule has 0 saturated carbocycles. The second-order valence-corrected chi connectivity index (χ2v) is 8.61. The number of nitrogens with two attached hydrogens (primary N) is 2. The molecule has 6 N–H and O–H groups in total. The molecule has 0 saturated heterocycles. The highest BCUT2D eigenvalue weighted by atomic mass is 79.9. The Hall–Kier alpha value is -4.64. The van der Waals surface area contributed by atoms with Gasteiger partial charge in [-0.25, -0.2) is 0 Å². The van der Waals surface area contributed by atoms with Gasteiger partial charge in [-0.3, -0.25) is 20.2 Å². The summed E-state index contributed by atoms with van der Waals surface area (Å²) in [6.07, 6.45) is 0. The fraction of sp³-hybridized carbons (Fsp3) is 0.0769. The third-order valence-electron chi connectivity index (χ3n) is 5.46. The van der Waals surface area contributed by atoms with E-state index in [-0.39, 0.29) is 17.5 Å². The quantitative estimate of drug-likeness (QED) is 0.166. The van der Waals surface area contributed by atoms with Gasteiger partial charge in [0.2, 0.25) is 11.9 Å². The van der Waals surface area contributed by atoms with Crippen LogP contribution in [0.15, 0.2) is 81.4 Å². The molecule has 4 aromatic carbocycles. The number of methoxy groups -OCH3 is 2. The summed E-state index contributed by atoms with van der Waals surface area (Å²) in [5, 5.41) is 15.6. The van der Waals surface area contributed by atoms with E-state index in [4.69, 9.17) is 20.9 Å². The second kappa shape index (κ2) is 11.0. The van der Waals surface area contributed by atoms with E-state index in [1.165, 1.54) is 14.2 Å². The molecule has 188 valence electrons. The topological polar surface area (TPSA) is 153 Å². The zero-order valence-electron chi connectivity index (χ0n) is 19.9. The second-order valence-electron chi connectivity index (χ2n) is 7.76. The van der Waals surface area contributed by atoms with Crippen molar-refractivity contribution in [3.05, 3.63) is 82.3 Å². The molecule has 37 heavy (non-hydrogen) atoms. The van der Waals surface area contributed by atoms with Gasteiger partial charge in [-0.15, -0.1) is 10.2 Å². The highest BCUT2D eigenvalue weighted by Crippen LogP contribution is 2.36. The van der Waals surface area contributed by atoms with Crippen LogP contribution in [0.25, 0.3) is 21.5 Å². The standard InChI is InChI=1S/C26H23BrN6O4/c1-36-21-13-19(22(37-2)18-8-4-3-7-17(18)21)24(35)31-26(29)33-32-25(28)30-23(34)15-10-11-16-14(12-15)6-5-9-20(16)27/h3-13H,1-2H3,(H3,28,30,32,34)(H3,29,31,33,35). The van der Waals surface area contributed by atoms with Gasteiger partial charge in [0.1, 0.15) is 11.5 Å². The molecule has 11 heteroatoms. The van der Waals surface area contributed by atoms with Gasteiger partial charge in [-0.2, -0.15) is 0 Å². The molecule has 0 aliphatic rings. The summed E-state index contributed by atoms with van der Waals surface area (Å²) in [6, 6.07) is 19.8. The summed E-state index contributed by atoms with van der Waals surface area (Å²) in [6.45, 7) is 0. The average molecular weight is 563 g/mol. The van der Waals surface area contributed by atoms with Crippen molar-refractivity contribution in [2.75, 3.05) is 14.2 Å². The molecule has 0 heterocycles. The fourth-order valence-corrected chi connectivity index (χ4v) is 4.30. The number of ether oxygens (including phenoxy) is 2. The number of carbonyl (C=O) groups excluding carboxylic acids is 2. The number of hydrogen-bond donors (Lipinski definition) is 4. The summed E-state index contributed by atoms with van der Waals surface area (Å²) in [7, 11) is 2.97. The van der Waals surface area contributed by atoms with E-state index in [0.717, 1.165) is 20.6 Å². The predicted octanol–water partition coefficient (Wildman–Crippen LogP) is 3.48. The summed E-state index contributed by atoms with van der Waals surface area (Å²) < 4.78 is 11.8. The molecule has 0 unspecified atom stereocenters. The average Bonchev–Trinajstić information content (AvgIpc) is 2.90. The maximum Gasteiger partial charge on any atom is 0.261 e. The van der Waals surface area contributed by atoms with Gasteiger partial charge in [-0.1, -0.05) is 58.4 Å². The molecular formula is C26H23BrN6O4. The largest absolute Gasteiger partial charge is 0.496 e. The number of guanidine groups is 2. The van der Waals surface area contributed by atoms with Gasteiger partial charge in [-0.05, 0) is 35.0 Å². The Balaban J connectivity index is 1.49. The van der Waals surface area contributed by atoms with Crippen LogP contribution in [0, 0.1) is 0 Å². The van der Waals surface area contributed by atoms with Gasteiger partial charge in [0.05, 0.1) is 19.8 Å².